The van der Waals surface area contributed by atoms with Gasteiger partial charge in [-0.05, 0) is 44.0 Å². The van der Waals surface area contributed by atoms with Crippen LogP contribution in [0.4, 0.5) is 0 Å². The van der Waals surface area contributed by atoms with E-state index in [9.17, 15) is 0 Å². The van der Waals surface area contributed by atoms with Gasteiger partial charge in [-0.3, -0.25) is 0 Å². The molecule has 0 heterocycles. The summed E-state index contributed by atoms with van der Waals surface area (Å²) in [4.78, 5) is 0. The van der Waals surface area contributed by atoms with Crippen molar-refractivity contribution in [3.8, 4) is 5.75 Å². The third-order valence-electron chi connectivity index (χ3n) is 2.87. The highest BCUT2D eigenvalue weighted by molar-refractivity contribution is 5.29. The predicted molar refractivity (Wildman–Crippen MR) is 62.2 cm³/mol. The zero-order chi connectivity index (χ0) is 10.7. The molecular weight excluding hydrogens is 186 g/mol. The molecule has 1 aliphatic carbocycles. The van der Waals surface area contributed by atoms with Gasteiger partial charge in [-0.1, -0.05) is 19.1 Å². The second-order valence-electron chi connectivity index (χ2n) is 4.14. The standard InChI is InChI=1S/C13H19NO/c1-3-13(14-2)10-4-6-11(7-5-10)15-12-8-9-12/h4-7,12-14H,3,8-9H2,1-2H3. The number of benzene rings is 1. The van der Waals surface area contributed by atoms with Crippen molar-refractivity contribution in [2.24, 2.45) is 0 Å². The van der Waals surface area contributed by atoms with Gasteiger partial charge in [-0.2, -0.15) is 0 Å². The van der Waals surface area contributed by atoms with Gasteiger partial charge in [0.15, 0.2) is 0 Å². The van der Waals surface area contributed by atoms with E-state index < -0.39 is 0 Å². The SMILES string of the molecule is CCC(NC)c1ccc(OC2CC2)cc1. The lowest BCUT2D eigenvalue weighted by atomic mass is 10.1. The van der Waals surface area contributed by atoms with E-state index in [2.05, 4.69) is 36.5 Å². The highest BCUT2D eigenvalue weighted by atomic mass is 16.5. The van der Waals surface area contributed by atoms with Crippen LogP contribution < -0.4 is 10.1 Å². The van der Waals surface area contributed by atoms with Crippen molar-refractivity contribution in [2.75, 3.05) is 7.05 Å². The first-order chi connectivity index (χ1) is 7.33. The fourth-order valence-corrected chi connectivity index (χ4v) is 1.76. The van der Waals surface area contributed by atoms with Gasteiger partial charge < -0.3 is 10.1 Å². The Labute approximate surface area is 91.6 Å². The molecule has 0 radical (unpaired) electrons. The van der Waals surface area contributed by atoms with Crippen LogP contribution in [0.15, 0.2) is 24.3 Å². The predicted octanol–water partition coefficient (Wildman–Crippen LogP) is 2.90. The van der Waals surface area contributed by atoms with E-state index in [-0.39, 0.29) is 0 Å². The number of hydrogen-bond donors (Lipinski definition) is 1. The number of rotatable bonds is 5. The Bertz CT molecular complexity index is 299. The van der Waals surface area contributed by atoms with E-state index in [4.69, 9.17) is 4.74 Å². The Morgan fingerprint density at radius 1 is 1.33 bits per heavy atom. The molecule has 1 N–H and O–H groups in total. The van der Waals surface area contributed by atoms with Crippen LogP contribution in [0.1, 0.15) is 37.8 Å². The van der Waals surface area contributed by atoms with Crippen LogP contribution in [-0.4, -0.2) is 13.2 Å². The number of nitrogens with one attached hydrogen (secondary N) is 1. The van der Waals surface area contributed by atoms with Gasteiger partial charge >= 0.3 is 0 Å². The Balaban J connectivity index is 2.01. The summed E-state index contributed by atoms with van der Waals surface area (Å²) >= 11 is 0. The fourth-order valence-electron chi connectivity index (χ4n) is 1.76. The molecule has 2 heteroatoms. The van der Waals surface area contributed by atoms with Crippen molar-refractivity contribution < 1.29 is 4.74 Å². The molecule has 0 saturated heterocycles. The summed E-state index contributed by atoms with van der Waals surface area (Å²) in [7, 11) is 2.00. The summed E-state index contributed by atoms with van der Waals surface area (Å²) in [5.41, 5.74) is 1.34. The molecule has 1 saturated carbocycles. The maximum Gasteiger partial charge on any atom is 0.119 e. The molecule has 0 amide bonds. The molecule has 1 fully saturated rings. The van der Waals surface area contributed by atoms with Crippen molar-refractivity contribution in [3.05, 3.63) is 29.8 Å². The van der Waals surface area contributed by atoms with E-state index in [1.165, 1.54) is 18.4 Å². The molecule has 1 atom stereocenters. The maximum atomic E-state index is 5.71. The first-order valence-electron chi connectivity index (χ1n) is 5.77. The Kier molecular flexibility index (Phi) is 3.27. The van der Waals surface area contributed by atoms with Crippen LogP contribution in [0.3, 0.4) is 0 Å². The Morgan fingerprint density at radius 2 is 2.00 bits per heavy atom. The van der Waals surface area contributed by atoms with Crippen LogP contribution in [0.25, 0.3) is 0 Å². The highest BCUT2D eigenvalue weighted by Gasteiger charge is 2.23. The molecule has 2 nitrogen and oxygen atoms in total. The summed E-state index contributed by atoms with van der Waals surface area (Å²) in [6.07, 6.45) is 4.03. The first-order valence-corrected chi connectivity index (χ1v) is 5.77. The lowest BCUT2D eigenvalue weighted by Crippen LogP contribution is -2.14. The lowest BCUT2D eigenvalue weighted by molar-refractivity contribution is 0.303. The average molecular weight is 205 g/mol. The second kappa shape index (κ2) is 4.67. The van der Waals surface area contributed by atoms with Crippen LogP contribution >= 0.6 is 0 Å². The van der Waals surface area contributed by atoms with E-state index in [0.717, 1.165) is 12.2 Å². The molecule has 1 aliphatic rings. The molecule has 15 heavy (non-hydrogen) atoms. The second-order valence-corrected chi connectivity index (χ2v) is 4.14. The van der Waals surface area contributed by atoms with Crippen LogP contribution in [0.2, 0.25) is 0 Å². The van der Waals surface area contributed by atoms with Crippen molar-refractivity contribution >= 4 is 0 Å². The maximum absolute atomic E-state index is 5.71. The van der Waals surface area contributed by atoms with Gasteiger partial charge in [0.25, 0.3) is 0 Å². The molecule has 1 aromatic rings. The molecule has 1 aromatic carbocycles. The minimum Gasteiger partial charge on any atom is -0.490 e. The molecular formula is C13H19NO. The zero-order valence-corrected chi connectivity index (χ0v) is 9.49. The quantitative estimate of drug-likeness (QED) is 0.798. The van der Waals surface area contributed by atoms with Crippen molar-refractivity contribution in [3.63, 3.8) is 0 Å². The zero-order valence-electron chi connectivity index (χ0n) is 9.49. The van der Waals surface area contributed by atoms with Crippen LogP contribution in [0, 0.1) is 0 Å². The summed E-state index contributed by atoms with van der Waals surface area (Å²) in [6.45, 7) is 2.19. The fraction of sp³-hybridized carbons (Fsp3) is 0.538. The van der Waals surface area contributed by atoms with E-state index in [1.54, 1.807) is 0 Å². The molecule has 1 unspecified atom stereocenters. The molecule has 2 rings (SSSR count). The summed E-state index contributed by atoms with van der Waals surface area (Å²) in [5, 5.41) is 3.30. The van der Waals surface area contributed by atoms with Crippen molar-refractivity contribution in [1.82, 2.24) is 5.32 Å². The molecule has 0 spiro atoms. The summed E-state index contributed by atoms with van der Waals surface area (Å²) in [5.74, 6) is 1.01. The molecule has 0 aromatic heterocycles. The normalized spacial score (nSPS) is 17.5. The van der Waals surface area contributed by atoms with Gasteiger partial charge in [0, 0.05) is 6.04 Å². The van der Waals surface area contributed by atoms with E-state index in [1.807, 2.05) is 7.05 Å². The first kappa shape index (κ1) is 10.5. The number of hydrogen-bond acceptors (Lipinski definition) is 2. The summed E-state index contributed by atoms with van der Waals surface area (Å²) in [6, 6.07) is 8.92. The van der Waals surface area contributed by atoms with Gasteiger partial charge in [0.2, 0.25) is 0 Å². The van der Waals surface area contributed by atoms with E-state index >= 15 is 0 Å². The van der Waals surface area contributed by atoms with Gasteiger partial charge in [0.1, 0.15) is 5.75 Å². The average Bonchev–Trinajstić information content (AvgIpc) is 3.06. The Morgan fingerprint density at radius 3 is 2.47 bits per heavy atom. The lowest BCUT2D eigenvalue weighted by Gasteiger charge is -2.14. The van der Waals surface area contributed by atoms with Crippen LogP contribution in [0.5, 0.6) is 5.75 Å². The monoisotopic (exact) mass is 205 g/mol. The van der Waals surface area contributed by atoms with Crippen molar-refractivity contribution in [1.29, 1.82) is 0 Å². The summed E-state index contributed by atoms with van der Waals surface area (Å²) < 4.78 is 5.71. The van der Waals surface area contributed by atoms with Gasteiger partial charge in [-0.15, -0.1) is 0 Å². The number of ether oxygens (including phenoxy) is 1. The van der Waals surface area contributed by atoms with Gasteiger partial charge in [0.05, 0.1) is 6.10 Å². The van der Waals surface area contributed by atoms with Crippen LogP contribution in [-0.2, 0) is 0 Å². The minimum atomic E-state index is 0.458. The smallest absolute Gasteiger partial charge is 0.119 e. The van der Waals surface area contributed by atoms with Crippen molar-refractivity contribution in [2.45, 2.75) is 38.3 Å². The van der Waals surface area contributed by atoms with Gasteiger partial charge in [-0.25, -0.2) is 0 Å². The largest absolute Gasteiger partial charge is 0.490 e. The third-order valence-corrected chi connectivity index (χ3v) is 2.87. The third kappa shape index (κ3) is 2.72. The van der Waals surface area contributed by atoms with E-state index in [0.29, 0.717) is 12.1 Å². The molecule has 82 valence electrons. The topological polar surface area (TPSA) is 21.3 Å². The highest BCUT2D eigenvalue weighted by Crippen LogP contribution is 2.27. The minimum absolute atomic E-state index is 0.458. The Hall–Kier alpha value is -1.02. The molecule has 0 aliphatic heterocycles. The molecule has 0 bridgehead atoms.